The lowest BCUT2D eigenvalue weighted by Gasteiger charge is -2.41. The molecule has 0 radical (unpaired) electrons. The van der Waals surface area contributed by atoms with E-state index >= 15 is 0 Å². The van der Waals surface area contributed by atoms with Crippen molar-refractivity contribution in [3.63, 3.8) is 0 Å². The summed E-state index contributed by atoms with van der Waals surface area (Å²) in [5, 5.41) is 9.22. The van der Waals surface area contributed by atoms with Crippen LogP contribution in [0.2, 0.25) is 0 Å². The van der Waals surface area contributed by atoms with Gasteiger partial charge >= 0.3 is 0 Å². The van der Waals surface area contributed by atoms with Crippen LogP contribution in [0.15, 0.2) is 24.3 Å². The van der Waals surface area contributed by atoms with Gasteiger partial charge in [-0.3, -0.25) is 0 Å². The van der Waals surface area contributed by atoms with Crippen molar-refractivity contribution < 1.29 is 4.39 Å². The average molecular weight is 297 g/mol. The minimum atomic E-state index is -0.166. The van der Waals surface area contributed by atoms with Gasteiger partial charge in [0.1, 0.15) is 17.5 Å². The highest BCUT2D eigenvalue weighted by molar-refractivity contribution is 5.37. The lowest BCUT2D eigenvalue weighted by molar-refractivity contribution is 0.273. The molecule has 3 aliphatic carbocycles. The van der Waals surface area contributed by atoms with Crippen LogP contribution in [0, 0.1) is 5.82 Å². The molecule has 22 heavy (non-hydrogen) atoms. The molecule has 1 heterocycles. The number of nitrogens with zero attached hydrogens (tertiary/aromatic N) is 3. The van der Waals surface area contributed by atoms with Gasteiger partial charge in [0.15, 0.2) is 0 Å². The second-order valence-electron chi connectivity index (χ2n) is 7.20. The Balaban J connectivity index is 1.64. The average Bonchev–Trinajstić information content (AvgIpc) is 3.39. The van der Waals surface area contributed by atoms with E-state index < -0.39 is 0 Å². The number of hydrogen-bond acceptors (Lipinski definition) is 2. The zero-order valence-electron chi connectivity index (χ0n) is 12.6. The van der Waals surface area contributed by atoms with Crippen LogP contribution in [-0.4, -0.2) is 14.8 Å². The third-order valence-corrected chi connectivity index (χ3v) is 5.61. The lowest BCUT2D eigenvalue weighted by atomic mass is 9.63. The molecule has 114 valence electrons. The molecule has 5 rings (SSSR count). The predicted molar refractivity (Wildman–Crippen MR) is 81.3 cm³/mol. The zero-order valence-corrected chi connectivity index (χ0v) is 12.6. The highest BCUT2D eigenvalue weighted by Gasteiger charge is 2.48. The number of halogens is 1. The molecule has 0 unspecified atom stereocenters. The van der Waals surface area contributed by atoms with Crippen LogP contribution in [0.25, 0.3) is 0 Å². The van der Waals surface area contributed by atoms with Gasteiger partial charge in [-0.25, -0.2) is 4.39 Å². The number of aromatic nitrogens is 3. The normalized spacial score (nSPS) is 23.3. The molecule has 3 fully saturated rings. The van der Waals surface area contributed by atoms with E-state index in [1.54, 1.807) is 12.1 Å². The molecule has 0 spiro atoms. The van der Waals surface area contributed by atoms with Gasteiger partial charge < -0.3 is 4.57 Å². The molecule has 1 aromatic heterocycles. The van der Waals surface area contributed by atoms with Crippen molar-refractivity contribution in [2.24, 2.45) is 0 Å². The number of hydrogen-bond donors (Lipinski definition) is 0. The van der Waals surface area contributed by atoms with Gasteiger partial charge in [0.05, 0.1) is 5.41 Å². The van der Waals surface area contributed by atoms with Crippen molar-refractivity contribution in [2.75, 3.05) is 0 Å². The molecule has 3 aliphatic rings. The van der Waals surface area contributed by atoms with E-state index in [0.29, 0.717) is 12.0 Å². The summed E-state index contributed by atoms with van der Waals surface area (Å²) in [6, 6.07) is 7.65. The molecule has 0 bridgehead atoms. The molecule has 0 saturated heterocycles. The monoisotopic (exact) mass is 297 g/mol. The van der Waals surface area contributed by atoms with Crippen molar-refractivity contribution in [1.82, 2.24) is 14.8 Å². The minimum Gasteiger partial charge on any atom is -0.311 e. The van der Waals surface area contributed by atoms with Gasteiger partial charge in [0.2, 0.25) is 0 Å². The molecule has 0 amide bonds. The van der Waals surface area contributed by atoms with Crippen LogP contribution < -0.4 is 0 Å². The van der Waals surface area contributed by atoms with Gasteiger partial charge in [-0.05, 0) is 56.2 Å². The summed E-state index contributed by atoms with van der Waals surface area (Å²) in [5.74, 6) is 2.83. The summed E-state index contributed by atoms with van der Waals surface area (Å²) >= 11 is 0. The van der Waals surface area contributed by atoms with Crippen molar-refractivity contribution in [2.45, 2.75) is 62.3 Å². The lowest BCUT2D eigenvalue weighted by Crippen LogP contribution is -2.38. The summed E-state index contributed by atoms with van der Waals surface area (Å²) in [4.78, 5) is 0. The Morgan fingerprint density at radius 2 is 1.73 bits per heavy atom. The molecule has 0 aliphatic heterocycles. The first kappa shape index (κ1) is 12.8. The molecular weight excluding hydrogens is 277 g/mol. The fourth-order valence-corrected chi connectivity index (χ4v) is 3.88. The van der Waals surface area contributed by atoms with Crippen LogP contribution >= 0.6 is 0 Å². The van der Waals surface area contributed by atoms with Crippen molar-refractivity contribution >= 4 is 0 Å². The summed E-state index contributed by atoms with van der Waals surface area (Å²) in [5.41, 5.74) is 1.17. The van der Waals surface area contributed by atoms with Crippen molar-refractivity contribution in [1.29, 1.82) is 0 Å². The fraction of sp³-hybridized carbons (Fsp3) is 0.556. The fourth-order valence-electron chi connectivity index (χ4n) is 3.88. The smallest absolute Gasteiger partial charge is 0.143 e. The predicted octanol–water partition coefficient (Wildman–Crippen LogP) is 4.10. The SMILES string of the molecule is Fc1ccc(C2(c3nnc(C4CC4)n3C3CC3)CCC2)cc1. The van der Waals surface area contributed by atoms with Gasteiger partial charge in [-0.15, -0.1) is 10.2 Å². The molecule has 0 atom stereocenters. The molecular formula is C18H20FN3. The second-order valence-corrected chi connectivity index (χ2v) is 7.20. The number of benzene rings is 1. The van der Waals surface area contributed by atoms with Crippen molar-refractivity contribution in [3.8, 4) is 0 Å². The maximum absolute atomic E-state index is 13.3. The third kappa shape index (κ3) is 1.79. The van der Waals surface area contributed by atoms with Gasteiger partial charge in [-0.2, -0.15) is 0 Å². The summed E-state index contributed by atoms with van der Waals surface area (Å²) in [7, 11) is 0. The quantitative estimate of drug-likeness (QED) is 0.850. The van der Waals surface area contributed by atoms with Crippen LogP contribution in [-0.2, 0) is 5.41 Å². The maximum Gasteiger partial charge on any atom is 0.143 e. The molecule has 3 nitrogen and oxygen atoms in total. The van der Waals surface area contributed by atoms with Crippen LogP contribution in [0.3, 0.4) is 0 Å². The Morgan fingerprint density at radius 3 is 2.27 bits per heavy atom. The van der Waals surface area contributed by atoms with Gasteiger partial charge in [-0.1, -0.05) is 18.6 Å². The first-order valence-electron chi connectivity index (χ1n) is 8.49. The topological polar surface area (TPSA) is 30.7 Å². The highest BCUT2D eigenvalue weighted by Crippen LogP contribution is 2.52. The molecule has 4 heteroatoms. The van der Waals surface area contributed by atoms with E-state index in [-0.39, 0.29) is 11.2 Å². The van der Waals surface area contributed by atoms with Crippen LogP contribution in [0.5, 0.6) is 0 Å². The molecule has 0 N–H and O–H groups in total. The van der Waals surface area contributed by atoms with Gasteiger partial charge in [0.25, 0.3) is 0 Å². The highest BCUT2D eigenvalue weighted by atomic mass is 19.1. The Kier molecular flexibility index (Phi) is 2.56. The Morgan fingerprint density at radius 1 is 1.00 bits per heavy atom. The Hall–Kier alpha value is -1.71. The molecule has 1 aromatic carbocycles. The third-order valence-electron chi connectivity index (χ3n) is 5.61. The number of rotatable bonds is 4. The van der Waals surface area contributed by atoms with Crippen LogP contribution in [0.1, 0.15) is 74.1 Å². The maximum atomic E-state index is 13.3. The first-order valence-corrected chi connectivity index (χ1v) is 8.49. The van der Waals surface area contributed by atoms with E-state index in [9.17, 15) is 4.39 Å². The largest absolute Gasteiger partial charge is 0.311 e. The zero-order chi connectivity index (χ0) is 14.7. The van der Waals surface area contributed by atoms with Gasteiger partial charge in [0, 0.05) is 12.0 Å². The van der Waals surface area contributed by atoms with E-state index in [0.717, 1.165) is 18.7 Å². The van der Waals surface area contributed by atoms with Crippen molar-refractivity contribution in [3.05, 3.63) is 47.3 Å². The molecule has 2 aromatic rings. The molecule has 3 saturated carbocycles. The van der Waals surface area contributed by atoms with E-state index in [1.807, 2.05) is 12.1 Å². The minimum absolute atomic E-state index is 0.0313. The summed E-state index contributed by atoms with van der Waals surface area (Å²) < 4.78 is 15.8. The van der Waals surface area contributed by atoms with E-state index in [2.05, 4.69) is 14.8 Å². The standard InChI is InChI=1S/C18H20FN3/c19-14-6-4-13(5-7-14)18(10-1-11-18)17-21-20-16(12-2-3-12)22(17)15-8-9-15/h4-7,12,15H,1-3,8-11H2. The summed E-state index contributed by atoms with van der Waals surface area (Å²) in [6.07, 6.45) is 8.45. The Bertz CT molecular complexity index is 706. The van der Waals surface area contributed by atoms with E-state index in [4.69, 9.17) is 0 Å². The summed E-state index contributed by atoms with van der Waals surface area (Å²) in [6.45, 7) is 0. The second kappa shape index (κ2) is 4.40. The first-order chi connectivity index (χ1) is 10.8. The Labute approximate surface area is 129 Å². The van der Waals surface area contributed by atoms with Crippen LogP contribution in [0.4, 0.5) is 4.39 Å². The van der Waals surface area contributed by atoms with E-state index in [1.165, 1.54) is 43.5 Å².